The standard InChI is InChI=1S/C11H12N2OS/c1-2-4-10-9(3-1)13-11(15-10)14-8-5-6-12-7-8/h1-4,8,12H,5-7H2/t8-/m1/s1. The summed E-state index contributed by atoms with van der Waals surface area (Å²) >= 11 is 1.62. The Bertz CT molecular complexity index is 429. The van der Waals surface area contributed by atoms with Crippen molar-refractivity contribution in [2.24, 2.45) is 0 Å². The number of para-hydroxylation sites is 1. The summed E-state index contributed by atoms with van der Waals surface area (Å²) < 4.78 is 7.00. The van der Waals surface area contributed by atoms with E-state index >= 15 is 0 Å². The molecule has 3 nitrogen and oxygen atoms in total. The molecular formula is C11H12N2OS. The van der Waals surface area contributed by atoms with Gasteiger partial charge in [-0.3, -0.25) is 0 Å². The Labute approximate surface area is 92.1 Å². The van der Waals surface area contributed by atoms with Gasteiger partial charge in [-0.05, 0) is 25.1 Å². The molecule has 1 saturated heterocycles. The van der Waals surface area contributed by atoms with Gasteiger partial charge in [0, 0.05) is 6.54 Å². The highest BCUT2D eigenvalue weighted by molar-refractivity contribution is 7.20. The van der Waals surface area contributed by atoms with Crippen molar-refractivity contribution in [3.63, 3.8) is 0 Å². The van der Waals surface area contributed by atoms with Crippen LogP contribution in [0.4, 0.5) is 0 Å². The second kappa shape index (κ2) is 3.79. The van der Waals surface area contributed by atoms with Crippen molar-refractivity contribution >= 4 is 21.6 Å². The van der Waals surface area contributed by atoms with Crippen LogP contribution >= 0.6 is 11.3 Å². The van der Waals surface area contributed by atoms with Gasteiger partial charge in [-0.2, -0.15) is 0 Å². The van der Waals surface area contributed by atoms with E-state index in [2.05, 4.69) is 16.4 Å². The normalized spacial score (nSPS) is 20.9. The molecule has 1 aromatic carbocycles. The Morgan fingerprint density at radius 2 is 2.33 bits per heavy atom. The van der Waals surface area contributed by atoms with E-state index in [9.17, 15) is 0 Å². The molecule has 1 aliphatic heterocycles. The number of ether oxygens (including phenoxy) is 1. The summed E-state index contributed by atoms with van der Waals surface area (Å²) in [5.74, 6) is 0. The van der Waals surface area contributed by atoms with Gasteiger partial charge < -0.3 is 10.1 Å². The van der Waals surface area contributed by atoms with Gasteiger partial charge >= 0.3 is 0 Å². The maximum Gasteiger partial charge on any atom is 0.274 e. The third-order valence-corrected chi connectivity index (χ3v) is 3.48. The zero-order valence-electron chi connectivity index (χ0n) is 8.27. The fourth-order valence-corrected chi connectivity index (χ4v) is 2.65. The topological polar surface area (TPSA) is 34.1 Å². The van der Waals surface area contributed by atoms with Crippen molar-refractivity contribution < 1.29 is 4.74 Å². The summed E-state index contributed by atoms with van der Waals surface area (Å²) in [5.41, 5.74) is 1.03. The van der Waals surface area contributed by atoms with E-state index in [0.717, 1.165) is 30.2 Å². The van der Waals surface area contributed by atoms with E-state index < -0.39 is 0 Å². The van der Waals surface area contributed by atoms with E-state index in [-0.39, 0.29) is 0 Å². The van der Waals surface area contributed by atoms with E-state index in [1.54, 1.807) is 11.3 Å². The molecule has 1 atom stereocenters. The van der Waals surface area contributed by atoms with Crippen LogP contribution in [0, 0.1) is 0 Å². The molecule has 2 aromatic rings. The third kappa shape index (κ3) is 1.82. The molecule has 0 saturated carbocycles. The van der Waals surface area contributed by atoms with Crippen LogP contribution in [0.1, 0.15) is 6.42 Å². The second-order valence-corrected chi connectivity index (χ2v) is 4.67. The Morgan fingerprint density at radius 1 is 1.40 bits per heavy atom. The third-order valence-electron chi connectivity index (χ3n) is 2.56. The highest BCUT2D eigenvalue weighted by Crippen LogP contribution is 2.28. The van der Waals surface area contributed by atoms with Crippen molar-refractivity contribution in [1.82, 2.24) is 10.3 Å². The zero-order valence-corrected chi connectivity index (χ0v) is 9.09. The summed E-state index contributed by atoms with van der Waals surface area (Å²) in [4.78, 5) is 4.44. The summed E-state index contributed by atoms with van der Waals surface area (Å²) in [6.45, 7) is 1.99. The minimum atomic E-state index is 0.297. The predicted octanol–water partition coefficient (Wildman–Crippen LogP) is 2.04. The molecule has 1 aliphatic rings. The van der Waals surface area contributed by atoms with Gasteiger partial charge in [0.15, 0.2) is 0 Å². The molecule has 2 heterocycles. The van der Waals surface area contributed by atoms with Gasteiger partial charge in [-0.25, -0.2) is 4.98 Å². The highest BCUT2D eigenvalue weighted by Gasteiger charge is 2.17. The van der Waals surface area contributed by atoms with Gasteiger partial charge in [0.2, 0.25) is 0 Å². The van der Waals surface area contributed by atoms with Gasteiger partial charge in [0.1, 0.15) is 6.10 Å². The molecule has 0 amide bonds. The molecule has 15 heavy (non-hydrogen) atoms. The molecule has 0 unspecified atom stereocenters. The summed E-state index contributed by atoms with van der Waals surface area (Å²) in [5, 5.41) is 4.07. The van der Waals surface area contributed by atoms with Gasteiger partial charge in [-0.1, -0.05) is 23.5 Å². The van der Waals surface area contributed by atoms with Gasteiger partial charge in [-0.15, -0.1) is 0 Å². The SMILES string of the molecule is c1ccc2sc(O[C@@H]3CCNC3)nc2c1. The number of nitrogens with one attached hydrogen (secondary N) is 1. The number of hydrogen-bond donors (Lipinski definition) is 1. The Hall–Kier alpha value is -1.13. The van der Waals surface area contributed by atoms with Crippen LogP contribution in [-0.2, 0) is 0 Å². The maximum absolute atomic E-state index is 5.81. The minimum absolute atomic E-state index is 0.297. The predicted molar refractivity (Wildman–Crippen MR) is 61.5 cm³/mol. The number of fused-ring (bicyclic) bond motifs is 1. The van der Waals surface area contributed by atoms with E-state index in [0.29, 0.717) is 6.10 Å². The maximum atomic E-state index is 5.81. The first-order valence-electron chi connectivity index (χ1n) is 5.15. The van der Waals surface area contributed by atoms with Crippen molar-refractivity contribution in [1.29, 1.82) is 0 Å². The lowest BCUT2D eigenvalue weighted by molar-refractivity contribution is 0.222. The van der Waals surface area contributed by atoms with Gasteiger partial charge in [0.25, 0.3) is 5.19 Å². The average molecular weight is 220 g/mol. The first-order chi connectivity index (χ1) is 7.42. The van der Waals surface area contributed by atoms with Crippen molar-refractivity contribution in [3.8, 4) is 5.19 Å². The number of nitrogens with zero attached hydrogens (tertiary/aromatic N) is 1. The monoisotopic (exact) mass is 220 g/mol. The molecule has 0 spiro atoms. The molecule has 0 bridgehead atoms. The first-order valence-corrected chi connectivity index (χ1v) is 5.96. The fourth-order valence-electron chi connectivity index (χ4n) is 1.77. The largest absolute Gasteiger partial charge is 0.465 e. The lowest BCUT2D eigenvalue weighted by Crippen LogP contribution is -2.19. The number of thiazole rings is 1. The quantitative estimate of drug-likeness (QED) is 0.841. The highest BCUT2D eigenvalue weighted by atomic mass is 32.1. The minimum Gasteiger partial charge on any atom is -0.465 e. The van der Waals surface area contributed by atoms with Crippen LogP contribution in [0.3, 0.4) is 0 Å². The Kier molecular flexibility index (Phi) is 2.31. The summed E-state index contributed by atoms with van der Waals surface area (Å²) in [6, 6.07) is 8.13. The van der Waals surface area contributed by atoms with Crippen molar-refractivity contribution in [3.05, 3.63) is 24.3 Å². The van der Waals surface area contributed by atoms with Crippen LogP contribution in [-0.4, -0.2) is 24.2 Å². The van der Waals surface area contributed by atoms with Gasteiger partial charge in [0.05, 0.1) is 10.2 Å². The lowest BCUT2D eigenvalue weighted by atomic mass is 10.3. The molecule has 1 fully saturated rings. The molecule has 4 heteroatoms. The molecular weight excluding hydrogens is 208 g/mol. The van der Waals surface area contributed by atoms with E-state index in [4.69, 9.17) is 4.74 Å². The number of benzene rings is 1. The number of hydrogen-bond acceptors (Lipinski definition) is 4. The van der Waals surface area contributed by atoms with Crippen molar-refractivity contribution in [2.75, 3.05) is 13.1 Å². The van der Waals surface area contributed by atoms with Crippen LogP contribution in [0.2, 0.25) is 0 Å². The average Bonchev–Trinajstić information content (AvgIpc) is 2.86. The van der Waals surface area contributed by atoms with Crippen LogP contribution in [0.25, 0.3) is 10.2 Å². The van der Waals surface area contributed by atoms with Crippen LogP contribution in [0.5, 0.6) is 5.19 Å². The first kappa shape index (κ1) is 9.12. The molecule has 1 aromatic heterocycles. The fraction of sp³-hybridized carbons (Fsp3) is 0.364. The molecule has 0 aliphatic carbocycles. The Balaban J connectivity index is 1.84. The molecule has 3 rings (SSSR count). The van der Waals surface area contributed by atoms with Crippen LogP contribution < -0.4 is 10.1 Å². The van der Waals surface area contributed by atoms with E-state index in [1.165, 1.54) is 4.70 Å². The van der Waals surface area contributed by atoms with Crippen LogP contribution in [0.15, 0.2) is 24.3 Å². The number of rotatable bonds is 2. The van der Waals surface area contributed by atoms with Crippen molar-refractivity contribution in [2.45, 2.75) is 12.5 Å². The lowest BCUT2D eigenvalue weighted by Gasteiger charge is -2.07. The zero-order chi connectivity index (χ0) is 10.1. The molecule has 0 radical (unpaired) electrons. The van der Waals surface area contributed by atoms with E-state index in [1.807, 2.05) is 18.2 Å². The summed E-state index contributed by atoms with van der Waals surface area (Å²) in [6.07, 6.45) is 1.38. The summed E-state index contributed by atoms with van der Waals surface area (Å²) in [7, 11) is 0. The Morgan fingerprint density at radius 3 is 3.13 bits per heavy atom. The molecule has 1 N–H and O–H groups in total. The molecule has 78 valence electrons. The smallest absolute Gasteiger partial charge is 0.274 e. The number of aromatic nitrogens is 1. The second-order valence-electron chi connectivity index (χ2n) is 3.68.